The smallest absolute Gasteiger partial charge is 0.227 e. The second kappa shape index (κ2) is 6.80. The number of nitrogens with one attached hydrogen (secondary N) is 1. The molecule has 2 saturated carbocycles. The van der Waals surface area contributed by atoms with Crippen LogP contribution in [-0.2, 0) is 21.4 Å². The minimum absolute atomic E-state index is 0.0393. The fourth-order valence-corrected chi connectivity index (χ4v) is 8.49. The van der Waals surface area contributed by atoms with Crippen molar-refractivity contribution in [2.45, 2.75) is 55.3 Å². The van der Waals surface area contributed by atoms with Gasteiger partial charge in [-0.15, -0.1) is 6.42 Å². The third-order valence-electron chi connectivity index (χ3n) is 9.99. The summed E-state index contributed by atoms with van der Waals surface area (Å²) in [5, 5.41) is 2.96. The zero-order chi connectivity index (χ0) is 23.3. The number of hydrogen-bond donors (Lipinski definition) is 1. The number of rotatable bonds is 6. The topological polar surface area (TPSA) is 60.0 Å². The predicted octanol–water partition coefficient (Wildman–Crippen LogP) is 2.45. The highest BCUT2D eigenvalue weighted by Crippen LogP contribution is 2.74. The van der Waals surface area contributed by atoms with Gasteiger partial charge in [0.05, 0.1) is 25.0 Å². The van der Waals surface area contributed by atoms with Gasteiger partial charge in [-0.05, 0) is 56.2 Å². The number of fused-ring (bicyclic) bond motifs is 1. The van der Waals surface area contributed by atoms with Crippen molar-refractivity contribution < 1.29 is 19.0 Å². The molecule has 178 valence electrons. The molecule has 2 heterocycles. The molecule has 6 nitrogen and oxygen atoms in total. The molecule has 1 aromatic rings. The molecule has 5 aliphatic carbocycles. The molecular weight excluding hydrogens is 428 g/mol. The molecule has 2 spiro atoms. The van der Waals surface area contributed by atoms with Crippen LogP contribution in [0.3, 0.4) is 0 Å². The summed E-state index contributed by atoms with van der Waals surface area (Å²) in [6.07, 6.45) is 15.2. The van der Waals surface area contributed by atoms with Crippen molar-refractivity contribution in [3.63, 3.8) is 0 Å². The van der Waals surface area contributed by atoms with E-state index < -0.39 is 5.60 Å². The fourth-order valence-electron chi connectivity index (χ4n) is 8.49. The number of carbonyl (C=O) groups excluding carboxylic acids is 1. The van der Waals surface area contributed by atoms with Gasteiger partial charge in [0, 0.05) is 30.7 Å². The molecule has 1 unspecified atom stereocenters. The van der Waals surface area contributed by atoms with E-state index in [1.807, 2.05) is 6.07 Å². The Balaban J connectivity index is 1.45. The second-order valence-corrected chi connectivity index (χ2v) is 11.1. The van der Waals surface area contributed by atoms with E-state index in [4.69, 9.17) is 20.6 Å². The quantitative estimate of drug-likeness (QED) is 0.522. The van der Waals surface area contributed by atoms with E-state index in [0.717, 1.165) is 49.8 Å². The van der Waals surface area contributed by atoms with Gasteiger partial charge in [0.2, 0.25) is 5.91 Å². The molecular formula is C28H32N2O4. The molecule has 2 aliphatic heterocycles. The Labute approximate surface area is 201 Å². The van der Waals surface area contributed by atoms with Crippen molar-refractivity contribution >= 4 is 5.91 Å². The first-order valence-electron chi connectivity index (χ1n) is 12.6. The maximum absolute atomic E-state index is 13.5. The van der Waals surface area contributed by atoms with Crippen LogP contribution >= 0.6 is 0 Å². The van der Waals surface area contributed by atoms with E-state index in [9.17, 15) is 4.79 Å². The molecule has 0 aromatic heterocycles. The summed E-state index contributed by atoms with van der Waals surface area (Å²) in [6.45, 7) is 2.43. The highest BCUT2D eigenvalue weighted by atomic mass is 16.6. The summed E-state index contributed by atoms with van der Waals surface area (Å²) in [5.74, 6) is 4.60. The SMILES string of the molecule is C#CCNC(=O)[C@H]1C[C@@]23C=C[C@]1(OC)C1Oc4c(OC)ccc5c4[C@@]12CCN(CC1CC1)[C@@H]3C5. The lowest BCUT2D eigenvalue weighted by molar-refractivity contribution is -0.215. The predicted molar refractivity (Wildman–Crippen MR) is 127 cm³/mol. The molecule has 1 aromatic carbocycles. The highest BCUT2D eigenvalue weighted by molar-refractivity contribution is 5.83. The van der Waals surface area contributed by atoms with Crippen molar-refractivity contribution in [1.29, 1.82) is 0 Å². The normalized spacial score (nSPS) is 40.3. The van der Waals surface area contributed by atoms with E-state index >= 15 is 0 Å². The maximum Gasteiger partial charge on any atom is 0.227 e. The number of hydrogen-bond acceptors (Lipinski definition) is 5. The number of likely N-dealkylation sites (tertiary alicyclic amines) is 1. The first-order chi connectivity index (χ1) is 16.5. The van der Waals surface area contributed by atoms with Crippen molar-refractivity contribution in [3.8, 4) is 23.8 Å². The summed E-state index contributed by atoms with van der Waals surface area (Å²) in [6, 6.07) is 4.63. The number of methoxy groups -OCH3 is 2. The van der Waals surface area contributed by atoms with E-state index in [2.05, 4.69) is 34.4 Å². The lowest BCUT2D eigenvalue weighted by Gasteiger charge is -2.71. The molecule has 8 rings (SSSR count). The van der Waals surface area contributed by atoms with Crippen molar-refractivity contribution in [2.75, 3.05) is 33.9 Å². The largest absolute Gasteiger partial charge is 0.493 e. The molecule has 4 bridgehead atoms. The van der Waals surface area contributed by atoms with Crippen LogP contribution < -0.4 is 14.8 Å². The Morgan fingerprint density at radius 2 is 2.18 bits per heavy atom. The third kappa shape index (κ3) is 2.24. The van der Waals surface area contributed by atoms with Crippen LogP contribution in [0.1, 0.15) is 36.8 Å². The minimum atomic E-state index is -0.845. The average molecular weight is 461 g/mol. The Bertz CT molecular complexity index is 1150. The highest BCUT2D eigenvalue weighted by Gasteiger charge is 2.80. The number of benzene rings is 1. The Morgan fingerprint density at radius 1 is 1.32 bits per heavy atom. The number of piperidine rings is 1. The lowest BCUT2D eigenvalue weighted by Crippen LogP contribution is -2.80. The van der Waals surface area contributed by atoms with Gasteiger partial charge in [0.15, 0.2) is 11.5 Å². The van der Waals surface area contributed by atoms with Crippen LogP contribution in [0.5, 0.6) is 11.5 Å². The van der Waals surface area contributed by atoms with Crippen LogP contribution in [-0.4, -0.2) is 62.4 Å². The van der Waals surface area contributed by atoms with Gasteiger partial charge < -0.3 is 19.5 Å². The van der Waals surface area contributed by atoms with Crippen LogP contribution in [0.4, 0.5) is 0 Å². The van der Waals surface area contributed by atoms with Gasteiger partial charge in [-0.25, -0.2) is 0 Å². The van der Waals surface area contributed by atoms with E-state index in [1.54, 1.807) is 14.2 Å². The monoisotopic (exact) mass is 460 g/mol. The maximum atomic E-state index is 13.5. The van der Waals surface area contributed by atoms with Gasteiger partial charge in [-0.2, -0.15) is 0 Å². The van der Waals surface area contributed by atoms with Gasteiger partial charge in [0.25, 0.3) is 0 Å². The first kappa shape index (κ1) is 20.8. The second-order valence-electron chi connectivity index (χ2n) is 11.1. The molecule has 1 amide bonds. The summed E-state index contributed by atoms with van der Waals surface area (Å²) >= 11 is 0. The van der Waals surface area contributed by atoms with E-state index in [0.29, 0.717) is 6.04 Å². The molecule has 6 atom stereocenters. The number of ether oxygens (including phenoxy) is 3. The molecule has 1 saturated heterocycles. The van der Waals surface area contributed by atoms with Crippen LogP contribution in [0.15, 0.2) is 24.3 Å². The molecule has 6 heteroatoms. The average Bonchev–Trinajstić information content (AvgIpc) is 3.60. The van der Waals surface area contributed by atoms with Gasteiger partial charge >= 0.3 is 0 Å². The van der Waals surface area contributed by atoms with Gasteiger partial charge in [-0.1, -0.05) is 24.1 Å². The summed E-state index contributed by atoms with van der Waals surface area (Å²) < 4.78 is 19.0. The molecule has 1 N–H and O–H groups in total. The molecule has 0 radical (unpaired) electrons. The zero-order valence-corrected chi connectivity index (χ0v) is 19.9. The minimum Gasteiger partial charge on any atom is -0.493 e. The summed E-state index contributed by atoms with van der Waals surface area (Å²) in [4.78, 5) is 16.3. The van der Waals surface area contributed by atoms with Crippen LogP contribution in [0.25, 0.3) is 0 Å². The summed E-state index contributed by atoms with van der Waals surface area (Å²) in [5.41, 5.74) is 1.43. The standard InChI is InChI=1S/C28H32N2O4/c1-4-12-29-24(31)19-15-26-9-10-28(19,33-3)25-27(26)11-13-30(16-17-5-6-17)21(26)14-18-7-8-20(32-2)23(34-25)22(18)27/h1,7-10,17,19,21,25H,5-6,11-16H2,2-3H3,(H,29,31)/t19-,21-,25?,26-,27+,28-/m1/s1. The van der Waals surface area contributed by atoms with E-state index in [-0.39, 0.29) is 35.3 Å². The zero-order valence-electron chi connectivity index (χ0n) is 19.9. The Morgan fingerprint density at radius 3 is 2.91 bits per heavy atom. The number of terminal acetylenes is 1. The number of amides is 1. The van der Waals surface area contributed by atoms with Gasteiger partial charge in [-0.3, -0.25) is 9.69 Å². The Kier molecular flexibility index (Phi) is 4.17. The first-order valence-corrected chi connectivity index (χ1v) is 12.6. The Hall–Kier alpha value is -2.49. The lowest BCUT2D eigenvalue weighted by atomic mass is 9.37. The van der Waals surface area contributed by atoms with Crippen LogP contribution in [0, 0.1) is 29.6 Å². The van der Waals surface area contributed by atoms with Crippen LogP contribution in [0.2, 0.25) is 0 Å². The fraction of sp³-hybridized carbons (Fsp3) is 0.607. The van der Waals surface area contributed by atoms with Crippen molar-refractivity contribution in [1.82, 2.24) is 10.2 Å². The summed E-state index contributed by atoms with van der Waals surface area (Å²) in [7, 11) is 3.42. The third-order valence-corrected chi connectivity index (χ3v) is 9.99. The van der Waals surface area contributed by atoms with Gasteiger partial charge in [0.1, 0.15) is 11.7 Å². The van der Waals surface area contributed by atoms with E-state index in [1.165, 1.54) is 24.0 Å². The number of nitrogens with zero attached hydrogens (tertiary/aromatic N) is 1. The molecule has 34 heavy (non-hydrogen) atoms. The molecule has 7 aliphatic rings. The van der Waals surface area contributed by atoms with Crippen molar-refractivity contribution in [2.24, 2.45) is 17.3 Å². The number of carbonyl (C=O) groups is 1. The molecule has 3 fully saturated rings. The van der Waals surface area contributed by atoms with Crippen molar-refractivity contribution in [3.05, 3.63) is 35.4 Å².